The molecule has 3 N–H and O–H groups in total. The van der Waals surface area contributed by atoms with Crippen LogP contribution in [0.4, 0.5) is 10.5 Å². The molecule has 3 amide bonds. The number of benzene rings is 2. The minimum absolute atomic E-state index is 0.0214. The standard InChI is InChI=1S/C26H34N4O4S/c1-19-10-12-23(13-11-19)29-35(33,34)24-9-5-6-20(18-24)25(31)30-16-14-22(15-17-30)28-26(32)27-21-7-3-2-4-8-21/h5-6,9-13,18,21-22,29H,2-4,7-8,14-17H2,1H3,(H2,27,28,32). The van der Waals surface area contributed by atoms with Crippen LogP contribution < -0.4 is 15.4 Å². The topological polar surface area (TPSA) is 108 Å². The van der Waals surface area contributed by atoms with Gasteiger partial charge in [-0.3, -0.25) is 9.52 Å². The van der Waals surface area contributed by atoms with Gasteiger partial charge in [0.25, 0.3) is 15.9 Å². The number of urea groups is 1. The Hall–Kier alpha value is -3.07. The third-order valence-electron chi connectivity index (χ3n) is 6.75. The fourth-order valence-electron chi connectivity index (χ4n) is 4.70. The van der Waals surface area contributed by atoms with Gasteiger partial charge < -0.3 is 15.5 Å². The Kier molecular flexibility index (Phi) is 7.95. The zero-order valence-electron chi connectivity index (χ0n) is 20.1. The van der Waals surface area contributed by atoms with Crippen LogP contribution in [0.15, 0.2) is 53.4 Å². The molecule has 2 fully saturated rings. The van der Waals surface area contributed by atoms with Crippen molar-refractivity contribution in [3.05, 3.63) is 59.7 Å². The molecule has 188 valence electrons. The van der Waals surface area contributed by atoms with Crippen LogP contribution in [0.2, 0.25) is 0 Å². The molecule has 0 bridgehead atoms. The zero-order valence-corrected chi connectivity index (χ0v) is 20.9. The first kappa shape index (κ1) is 25.0. The quantitative estimate of drug-likeness (QED) is 0.559. The van der Waals surface area contributed by atoms with Gasteiger partial charge in [-0.25, -0.2) is 13.2 Å². The van der Waals surface area contributed by atoms with Crippen molar-refractivity contribution < 1.29 is 18.0 Å². The minimum atomic E-state index is -3.82. The fraction of sp³-hybridized carbons (Fsp3) is 0.462. The summed E-state index contributed by atoms with van der Waals surface area (Å²) in [6.07, 6.45) is 6.97. The highest BCUT2D eigenvalue weighted by Crippen LogP contribution is 2.21. The van der Waals surface area contributed by atoms with Crippen molar-refractivity contribution >= 4 is 27.6 Å². The molecule has 0 unspecified atom stereocenters. The maximum atomic E-state index is 13.1. The van der Waals surface area contributed by atoms with Crippen molar-refractivity contribution in [1.82, 2.24) is 15.5 Å². The van der Waals surface area contributed by atoms with Gasteiger partial charge in [0, 0.05) is 36.4 Å². The first-order chi connectivity index (χ1) is 16.8. The Morgan fingerprint density at radius 3 is 2.14 bits per heavy atom. The van der Waals surface area contributed by atoms with Crippen LogP contribution in [0.3, 0.4) is 0 Å². The van der Waals surface area contributed by atoms with Gasteiger partial charge >= 0.3 is 6.03 Å². The number of carbonyl (C=O) groups is 2. The molecule has 0 radical (unpaired) electrons. The smallest absolute Gasteiger partial charge is 0.315 e. The molecule has 8 nitrogen and oxygen atoms in total. The fourth-order valence-corrected chi connectivity index (χ4v) is 5.80. The molecule has 9 heteroatoms. The minimum Gasteiger partial charge on any atom is -0.338 e. The number of nitrogens with zero attached hydrogens (tertiary/aromatic N) is 1. The Labute approximate surface area is 207 Å². The van der Waals surface area contributed by atoms with E-state index in [2.05, 4.69) is 15.4 Å². The van der Waals surface area contributed by atoms with Crippen molar-refractivity contribution in [3.8, 4) is 0 Å². The lowest BCUT2D eigenvalue weighted by molar-refractivity contribution is 0.0708. The average molecular weight is 499 g/mol. The van der Waals surface area contributed by atoms with Crippen LogP contribution >= 0.6 is 0 Å². The van der Waals surface area contributed by atoms with E-state index in [1.165, 1.54) is 18.6 Å². The number of likely N-dealkylation sites (tertiary alicyclic amines) is 1. The molecule has 1 heterocycles. The van der Waals surface area contributed by atoms with Crippen molar-refractivity contribution in [2.75, 3.05) is 17.8 Å². The normalized spacial score (nSPS) is 17.6. The summed E-state index contributed by atoms with van der Waals surface area (Å²) >= 11 is 0. The number of hydrogen-bond donors (Lipinski definition) is 3. The predicted molar refractivity (Wildman–Crippen MR) is 136 cm³/mol. The van der Waals surface area contributed by atoms with Crippen LogP contribution in [0.5, 0.6) is 0 Å². The summed E-state index contributed by atoms with van der Waals surface area (Å²) in [7, 11) is -3.82. The second-order valence-corrected chi connectivity index (χ2v) is 11.2. The van der Waals surface area contributed by atoms with Gasteiger partial charge in [-0.1, -0.05) is 43.0 Å². The monoisotopic (exact) mass is 498 g/mol. The van der Waals surface area contributed by atoms with Gasteiger partial charge in [-0.05, 0) is 62.9 Å². The number of piperidine rings is 1. The van der Waals surface area contributed by atoms with Crippen LogP contribution in [0, 0.1) is 6.92 Å². The van der Waals surface area contributed by atoms with E-state index < -0.39 is 10.0 Å². The lowest BCUT2D eigenvalue weighted by Gasteiger charge is -2.33. The summed E-state index contributed by atoms with van der Waals surface area (Å²) in [6.45, 7) is 2.94. The summed E-state index contributed by atoms with van der Waals surface area (Å²) in [4.78, 5) is 27.2. The number of amides is 3. The highest BCUT2D eigenvalue weighted by molar-refractivity contribution is 7.92. The predicted octanol–water partition coefficient (Wildman–Crippen LogP) is 4.03. The van der Waals surface area contributed by atoms with Crippen LogP contribution in [-0.2, 0) is 10.0 Å². The molecule has 1 aliphatic heterocycles. The van der Waals surface area contributed by atoms with Crippen LogP contribution in [0.25, 0.3) is 0 Å². The molecule has 0 aromatic heterocycles. The summed E-state index contributed by atoms with van der Waals surface area (Å²) in [6, 6.07) is 13.3. The third-order valence-corrected chi connectivity index (χ3v) is 8.13. The molecule has 0 spiro atoms. The second kappa shape index (κ2) is 11.1. The largest absolute Gasteiger partial charge is 0.338 e. The molecule has 35 heavy (non-hydrogen) atoms. The molecular weight excluding hydrogens is 464 g/mol. The van der Waals surface area contributed by atoms with Gasteiger partial charge in [0.2, 0.25) is 0 Å². The van der Waals surface area contributed by atoms with E-state index in [0.717, 1.165) is 31.2 Å². The van der Waals surface area contributed by atoms with E-state index in [-0.39, 0.29) is 28.9 Å². The molecule has 2 aromatic carbocycles. The maximum absolute atomic E-state index is 13.1. The Bertz CT molecular complexity index is 1140. The zero-order chi connectivity index (χ0) is 24.8. The molecular formula is C26H34N4O4S. The van der Waals surface area contributed by atoms with Gasteiger partial charge in [0.1, 0.15) is 0 Å². The van der Waals surface area contributed by atoms with Gasteiger partial charge in [-0.15, -0.1) is 0 Å². The lowest BCUT2D eigenvalue weighted by Crippen LogP contribution is -2.51. The Morgan fingerprint density at radius 1 is 0.857 bits per heavy atom. The number of rotatable bonds is 6. The Morgan fingerprint density at radius 2 is 1.49 bits per heavy atom. The lowest BCUT2D eigenvalue weighted by atomic mass is 9.96. The van der Waals surface area contributed by atoms with Crippen molar-refractivity contribution in [1.29, 1.82) is 0 Å². The number of aryl methyl sites for hydroxylation is 1. The maximum Gasteiger partial charge on any atom is 0.315 e. The second-order valence-electron chi connectivity index (χ2n) is 9.52. The molecule has 1 saturated carbocycles. The number of nitrogens with one attached hydrogen (secondary N) is 3. The van der Waals surface area contributed by atoms with Crippen molar-refractivity contribution in [2.24, 2.45) is 0 Å². The summed E-state index contributed by atoms with van der Waals surface area (Å²) in [5.41, 5.74) is 1.83. The van der Waals surface area contributed by atoms with Crippen molar-refractivity contribution in [3.63, 3.8) is 0 Å². The van der Waals surface area contributed by atoms with Crippen molar-refractivity contribution in [2.45, 2.75) is 68.8 Å². The molecule has 2 aliphatic rings. The number of carbonyl (C=O) groups excluding carboxylic acids is 2. The van der Waals surface area contributed by atoms with E-state index in [9.17, 15) is 18.0 Å². The summed E-state index contributed by atoms with van der Waals surface area (Å²) in [5.74, 6) is -0.206. The molecule has 4 rings (SSSR count). The summed E-state index contributed by atoms with van der Waals surface area (Å²) in [5, 5.41) is 6.12. The van der Waals surface area contributed by atoms with E-state index in [0.29, 0.717) is 37.2 Å². The van der Waals surface area contributed by atoms with Crippen LogP contribution in [-0.4, -0.2) is 50.4 Å². The van der Waals surface area contributed by atoms with Gasteiger partial charge in [-0.2, -0.15) is 0 Å². The first-order valence-electron chi connectivity index (χ1n) is 12.4. The number of sulfonamides is 1. The van der Waals surface area contributed by atoms with Crippen LogP contribution in [0.1, 0.15) is 60.9 Å². The van der Waals surface area contributed by atoms with Gasteiger partial charge in [0.15, 0.2) is 0 Å². The summed E-state index contributed by atoms with van der Waals surface area (Å²) < 4.78 is 28.2. The first-order valence-corrected chi connectivity index (χ1v) is 13.8. The Balaban J connectivity index is 1.31. The molecule has 1 saturated heterocycles. The average Bonchev–Trinajstić information content (AvgIpc) is 2.86. The van der Waals surface area contributed by atoms with E-state index >= 15 is 0 Å². The van der Waals surface area contributed by atoms with E-state index in [1.807, 2.05) is 19.1 Å². The number of hydrogen-bond acceptors (Lipinski definition) is 4. The highest BCUT2D eigenvalue weighted by atomic mass is 32.2. The molecule has 0 atom stereocenters. The highest BCUT2D eigenvalue weighted by Gasteiger charge is 2.26. The SMILES string of the molecule is Cc1ccc(NS(=O)(=O)c2cccc(C(=O)N3CCC(NC(=O)NC4CCCCC4)CC3)c2)cc1. The molecule has 2 aromatic rings. The third kappa shape index (κ3) is 6.75. The van der Waals surface area contributed by atoms with E-state index in [4.69, 9.17) is 0 Å². The number of anilines is 1. The van der Waals surface area contributed by atoms with Gasteiger partial charge in [0.05, 0.1) is 4.90 Å². The van der Waals surface area contributed by atoms with E-state index in [1.54, 1.807) is 29.2 Å². The molecule has 1 aliphatic carbocycles.